The highest BCUT2D eigenvalue weighted by atomic mass is 35.5. The van der Waals surface area contributed by atoms with Crippen LogP contribution >= 0.6 is 23.2 Å². The second kappa shape index (κ2) is 10.9. The molecule has 0 aromatic heterocycles. The number of methoxy groups -OCH3 is 1. The molecule has 1 saturated carbocycles. The van der Waals surface area contributed by atoms with Crippen LogP contribution in [0.4, 0.5) is 0 Å². The van der Waals surface area contributed by atoms with Gasteiger partial charge in [0.1, 0.15) is 6.61 Å². The van der Waals surface area contributed by atoms with Crippen LogP contribution < -0.4 is 14.8 Å². The average molecular weight is 422 g/mol. The topological polar surface area (TPSA) is 30.5 Å². The van der Waals surface area contributed by atoms with Crippen LogP contribution in [0.2, 0.25) is 10.0 Å². The summed E-state index contributed by atoms with van der Waals surface area (Å²) in [7, 11) is 1.65. The molecule has 1 N–H and O–H groups in total. The van der Waals surface area contributed by atoms with Crippen LogP contribution in [0.25, 0.3) is 0 Å². The minimum absolute atomic E-state index is 0.410. The molecule has 5 heteroatoms. The number of benzene rings is 2. The molecule has 0 aliphatic heterocycles. The highest BCUT2D eigenvalue weighted by Gasteiger charge is 2.14. The van der Waals surface area contributed by atoms with Gasteiger partial charge in [0, 0.05) is 28.7 Å². The van der Waals surface area contributed by atoms with E-state index in [0.29, 0.717) is 34.2 Å². The Morgan fingerprint density at radius 1 is 0.964 bits per heavy atom. The van der Waals surface area contributed by atoms with Crippen molar-refractivity contribution in [3.63, 3.8) is 0 Å². The van der Waals surface area contributed by atoms with E-state index in [2.05, 4.69) is 5.32 Å². The van der Waals surface area contributed by atoms with Gasteiger partial charge in [-0.3, -0.25) is 0 Å². The molecule has 0 amide bonds. The van der Waals surface area contributed by atoms with Crippen molar-refractivity contribution in [2.24, 2.45) is 0 Å². The van der Waals surface area contributed by atoms with Gasteiger partial charge in [-0.15, -0.1) is 0 Å². The van der Waals surface area contributed by atoms with Crippen LogP contribution in [0.15, 0.2) is 36.4 Å². The highest BCUT2D eigenvalue weighted by Crippen LogP contribution is 2.34. The van der Waals surface area contributed by atoms with E-state index in [-0.39, 0.29) is 0 Å². The van der Waals surface area contributed by atoms with Crippen molar-refractivity contribution in [1.82, 2.24) is 5.32 Å². The molecule has 0 spiro atoms. The van der Waals surface area contributed by atoms with Crippen LogP contribution in [0, 0.1) is 0 Å². The molecular formula is C23H29Cl2NO2. The Morgan fingerprint density at radius 2 is 1.71 bits per heavy atom. The van der Waals surface area contributed by atoms with E-state index in [4.69, 9.17) is 32.7 Å². The van der Waals surface area contributed by atoms with Gasteiger partial charge in [-0.2, -0.15) is 0 Å². The van der Waals surface area contributed by atoms with E-state index in [1.807, 2.05) is 36.4 Å². The minimum Gasteiger partial charge on any atom is -0.493 e. The van der Waals surface area contributed by atoms with E-state index in [1.54, 1.807) is 7.11 Å². The second-order valence-corrected chi connectivity index (χ2v) is 8.28. The number of hydrogen-bond donors (Lipinski definition) is 1. The predicted molar refractivity (Wildman–Crippen MR) is 117 cm³/mol. The third-order valence-corrected chi connectivity index (χ3v) is 5.89. The number of halogens is 2. The Balaban J connectivity index is 1.63. The number of hydrogen-bond acceptors (Lipinski definition) is 3. The monoisotopic (exact) mass is 421 g/mol. The quantitative estimate of drug-likeness (QED) is 0.533. The number of rotatable bonds is 7. The first-order valence-electron chi connectivity index (χ1n) is 10.1. The van der Waals surface area contributed by atoms with E-state index in [1.165, 1.54) is 44.9 Å². The lowest BCUT2D eigenvalue weighted by Crippen LogP contribution is -2.29. The van der Waals surface area contributed by atoms with Crippen molar-refractivity contribution in [2.45, 2.75) is 64.1 Å². The molecule has 3 rings (SSSR count). The maximum absolute atomic E-state index is 6.54. The zero-order valence-corrected chi connectivity index (χ0v) is 18.0. The largest absolute Gasteiger partial charge is 0.493 e. The Labute approximate surface area is 178 Å². The summed E-state index contributed by atoms with van der Waals surface area (Å²) in [6.45, 7) is 1.15. The fourth-order valence-electron chi connectivity index (χ4n) is 3.69. The summed E-state index contributed by atoms with van der Waals surface area (Å²) in [4.78, 5) is 0. The first-order valence-corrected chi connectivity index (χ1v) is 10.9. The predicted octanol–water partition coefficient (Wildman–Crippen LogP) is 6.78. The van der Waals surface area contributed by atoms with Gasteiger partial charge in [-0.05, 0) is 42.2 Å². The highest BCUT2D eigenvalue weighted by molar-refractivity contribution is 6.31. The third-order valence-electron chi connectivity index (χ3n) is 5.30. The lowest BCUT2D eigenvalue weighted by atomic mass is 9.96. The van der Waals surface area contributed by atoms with E-state index in [0.717, 1.165) is 17.7 Å². The van der Waals surface area contributed by atoms with E-state index in [9.17, 15) is 0 Å². The molecule has 3 nitrogen and oxygen atoms in total. The molecule has 0 heterocycles. The Morgan fingerprint density at radius 3 is 2.43 bits per heavy atom. The van der Waals surface area contributed by atoms with Gasteiger partial charge in [0.05, 0.1) is 7.11 Å². The van der Waals surface area contributed by atoms with Gasteiger partial charge in [-0.1, -0.05) is 67.4 Å². The summed E-state index contributed by atoms with van der Waals surface area (Å²) in [5.74, 6) is 1.34. The van der Waals surface area contributed by atoms with Crippen LogP contribution in [-0.4, -0.2) is 13.2 Å². The number of ether oxygens (including phenoxy) is 2. The first kappa shape index (κ1) is 21.3. The lowest BCUT2D eigenvalue weighted by molar-refractivity contribution is 0.284. The molecule has 1 aliphatic carbocycles. The average Bonchev–Trinajstić information content (AvgIpc) is 2.66. The maximum Gasteiger partial charge on any atom is 0.163 e. The molecule has 28 heavy (non-hydrogen) atoms. The Bertz CT molecular complexity index is 758. The summed E-state index contributed by atoms with van der Waals surface area (Å²) in [6, 6.07) is 12.0. The van der Waals surface area contributed by atoms with Crippen molar-refractivity contribution < 1.29 is 9.47 Å². The fourth-order valence-corrected chi connectivity index (χ4v) is 4.12. The van der Waals surface area contributed by atoms with Crippen molar-refractivity contribution in [3.05, 3.63) is 57.6 Å². The summed E-state index contributed by atoms with van der Waals surface area (Å²) < 4.78 is 11.5. The fraction of sp³-hybridized carbons (Fsp3) is 0.478. The smallest absolute Gasteiger partial charge is 0.163 e. The van der Waals surface area contributed by atoms with E-state index < -0.39 is 0 Å². The zero-order valence-electron chi connectivity index (χ0n) is 16.5. The maximum atomic E-state index is 6.54. The van der Waals surface area contributed by atoms with Crippen molar-refractivity contribution >= 4 is 23.2 Å². The van der Waals surface area contributed by atoms with Crippen LogP contribution in [0.3, 0.4) is 0 Å². The SMILES string of the molecule is COc1cc(CNC2CCCCCCC2)c(Cl)cc1OCc1cccc(Cl)c1. The van der Waals surface area contributed by atoms with Gasteiger partial charge in [0.25, 0.3) is 0 Å². The van der Waals surface area contributed by atoms with Gasteiger partial charge in [-0.25, -0.2) is 0 Å². The number of nitrogens with one attached hydrogen (secondary N) is 1. The van der Waals surface area contributed by atoms with Crippen LogP contribution in [0.5, 0.6) is 11.5 Å². The first-order chi connectivity index (χ1) is 13.7. The molecule has 0 atom stereocenters. The van der Waals surface area contributed by atoms with Gasteiger partial charge < -0.3 is 14.8 Å². The summed E-state index contributed by atoms with van der Waals surface area (Å²) in [5.41, 5.74) is 2.04. The molecule has 2 aromatic rings. The molecule has 1 fully saturated rings. The summed E-state index contributed by atoms with van der Waals surface area (Å²) in [5, 5.41) is 5.08. The molecule has 0 bridgehead atoms. The Hall–Kier alpha value is -1.42. The summed E-state index contributed by atoms with van der Waals surface area (Å²) in [6.07, 6.45) is 9.20. The molecule has 0 saturated heterocycles. The molecule has 0 radical (unpaired) electrons. The minimum atomic E-state index is 0.410. The van der Waals surface area contributed by atoms with Crippen LogP contribution in [0.1, 0.15) is 56.1 Å². The molecular weight excluding hydrogens is 393 g/mol. The lowest BCUT2D eigenvalue weighted by Gasteiger charge is -2.22. The second-order valence-electron chi connectivity index (χ2n) is 7.44. The molecule has 1 aliphatic rings. The van der Waals surface area contributed by atoms with Gasteiger partial charge >= 0.3 is 0 Å². The van der Waals surface area contributed by atoms with Crippen LogP contribution in [-0.2, 0) is 13.2 Å². The summed E-state index contributed by atoms with van der Waals surface area (Å²) >= 11 is 12.6. The van der Waals surface area contributed by atoms with Crippen molar-refractivity contribution in [3.8, 4) is 11.5 Å². The van der Waals surface area contributed by atoms with Gasteiger partial charge in [0.2, 0.25) is 0 Å². The third kappa shape index (κ3) is 6.30. The normalized spacial score (nSPS) is 15.7. The van der Waals surface area contributed by atoms with Gasteiger partial charge in [0.15, 0.2) is 11.5 Å². The van der Waals surface area contributed by atoms with Crippen molar-refractivity contribution in [1.29, 1.82) is 0 Å². The van der Waals surface area contributed by atoms with E-state index >= 15 is 0 Å². The van der Waals surface area contributed by atoms with Crippen molar-refractivity contribution in [2.75, 3.05) is 7.11 Å². The molecule has 0 unspecified atom stereocenters. The molecule has 2 aromatic carbocycles. The standard InChI is InChI=1S/C23H29Cl2NO2/c1-27-22-13-18(15-26-20-10-5-3-2-4-6-11-20)21(25)14-23(22)28-16-17-8-7-9-19(24)12-17/h7-9,12-14,20,26H,2-6,10-11,15-16H2,1H3. The molecule has 152 valence electrons. The Kier molecular flexibility index (Phi) is 8.32. The zero-order chi connectivity index (χ0) is 19.8.